The summed E-state index contributed by atoms with van der Waals surface area (Å²) < 4.78 is 0. The van der Waals surface area contributed by atoms with Gasteiger partial charge in [-0.2, -0.15) is 0 Å². The third kappa shape index (κ3) is 6.90. The molecule has 3 nitrogen and oxygen atoms in total. The quantitative estimate of drug-likeness (QED) is 0.326. The van der Waals surface area contributed by atoms with Gasteiger partial charge in [0, 0.05) is 12.8 Å². The molecule has 0 bridgehead atoms. The Morgan fingerprint density at radius 1 is 1.18 bits per heavy atom. The molecule has 0 amide bonds. The average molecular weight is 156 g/mol. The van der Waals surface area contributed by atoms with Crippen molar-refractivity contribution in [3.63, 3.8) is 0 Å². The highest BCUT2D eigenvalue weighted by Gasteiger charge is 1.99. The number of ketones is 2. The van der Waals surface area contributed by atoms with Crippen molar-refractivity contribution in [1.29, 1.82) is 0 Å². The Kier molecular flexibility index (Phi) is 5.25. The SMILES string of the molecule is CC(=O)CCCCC(=O)C=O. The van der Waals surface area contributed by atoms with E-state index in [1.54, 1.807) is 0 Å². The van der Waals surface area contributed by atoms with Crippen molar-refractivity contribution in [3.05, 3.63) is 0 Å². The van der Waals surface area contributed by atoms with E-state index in [1.807, 2.05) is 0 Å². The first-order valence-corrected chi connectivity index (χ1v) is 3.64. The van der Waals surface area contributed by atoms with Crippen LogP contribution in [0.15, 0.2) is 0 Å². The molecule has 0 aromatic heterocycles. The zero-order valence-electron chi connectivity index (χ0n) is 6.63. The summed E-state index contributed by atoms with van der Waals surface area (Å²) in [7, 11) is 0. The van der Waals surface area contributed by atoms with Gasteiger partial charge in [0.2, 0.25) is 0 Å². The molecule has 0 fully saturated rings. The first kappa shape index (κ1) is 10.0. The Morgan fingerprint density at radius 3 is 2.18 bits per heavy atom. The maximum atomic E-state index is 10.4. The predicted octanol–water partition coefficient (Wildman–Crippen LogP) is 0.904. The molecule has 0 saturated heterocycles. The summed E-state index contributed by atoms with van der Waals surface area (Å²) in [6.07, 6.45) is 2.45. The van der Waals surface area contributed by atoms with E-state index in [2.05, 4.69) is 0 Å². The van der Waals surface area contributed by atoms with Crippen LogP contribution in [-0.2, 0) is 14.4 Å². The lowest BCUT2D eigenvalue weighted by Crippen LogP contribution is -1.98. The van der Waals surface area contributed by atoms with E-state index in [1.165, 1.54) is 6.92 Å². The van der Waals surface area contributed by atoms with Crippen LogP contribution >= 0.6 is 0 Å². The van der Waals surface area contributed by atoms with Crippen molar-refractivity contribution in [2.45, 2.75) is 32.6 Å². The number of aldehydes is 1. The summed E-state index contributed by atoms with van der Waals surface area (Å²) in [5.74, 6) is -0.253. The van der Waals surface area contributed by atoms with E-state index in [0.29, 0.717) is 25.5 Å². The van der Waals surface area contributed by atoms with E-state index in [0.717, 1.165) is 0 Å². The first-order valence-electron chi connectivity index (χ1n) is 3.64. The molecule has 0 aromatic carbocycles. The number of Topliss-reactive ketones (excluding diaryl/α,β-unsaturated/α-hetero) is 2. The Morgan fingerprint density at radius 2 is 1.73 bits per heavy atom. The summed E-state index contributed by atoms with van der Waals surface area (Å²) >= 11 is 0. The third-order valence-electron chi connectivity index (χ3n) is 1.33. The molecular weight excluding hydrogens is 144 g/mol. The second kappa shape index (κ2) is 5.77. The average Bonchev–Trinajstić information content (AvgIpc) is 1.97. The van der Waals surface area contributed by atoms with E-state index >= 15 is 0 Å². The van der Waals surface area contributed by atoms with Crippen LogP contribution in [0.5, 0.6) is 0 Å². The van der Waals surface area contributed by atoms with Crippen LogP contribution in [0.4, 0.5) is 0 Å². The van der Waals surface area contributed by atoms with Gasteiger partial charge in [-0.1, -0.05) is 0 Å². The predicted molar refractivity (Wildman–Crippen MR) is 40.2 cm³/mol. The Balaban J connectivity index is 3.21. The highest BCUT2D eigenvalue weighted by atomic mass is 16.2. The van der Waals surface area contributed by atoms with Crippen LogP contribution in [0.25, 0.3) is 0 Å². The minimum atomic E-state index is -0.381. The molecule has 0 radical (unpaired) electrons. The third-order valence-corrected chi connectivity index (χ3v) is 1.33. The summed E-state index contributed by atoms with van der Waals surface area (Å²) in [6, 6.07) is 0. The molecule has 3 heteroatoms. The van der Waals surface area contributed by atoms with Crippen molar-refractivity contribution >= 4 is 17.9 Å². The van der Waals surface area contributed by atoms with Crippen molar-refractivity contribution in [1.82, 2.24) is 0 Å². The Hall–Kier alpha value is -0.990. The molecule has 0 aliphatic rings. The maximum Gasteiger partial charge on any atom is 0.195 e. The van der Waals surface area contributed by atoms with E-state index in [-0.39, 0.29) is 18.0 Å². The molecular formula is C8H12O3. The molecule has 0 atom stereocenters. The summed E-state index contributed by atoms with van der Waals surface area (Å²) in [5, 5.41) is 0. The number of hydrogen-bond acceptors (Lipinski definition) is 3. The second-order valence-corrected chi connectivity index (χ2v) is 2.49. The van der Waals surface area contributed by atoms with Crippen molar-refractivity contribution in [3.8, 4) is 0 Å². The minimum absolute atomic E-state index is 0.128. The van der Waals surface area contributed by atoms with E-state index in [4.69, 9.17) is 0 Å². The van der Waals surface area contributed by atoms with Gasteiger partial charge in [-0.15, -0.1) is 0 Å². The molecule has 0 saturated carbocycles. The van der Waals surface area contributed by atoms with Crippen LogP contribution in [0, 0.1) is 0 Å². The van der Waals surface area contributed by atoms with Crippen LogP contribution in [-0.4, -0.2) is 17.9 Å². The standard InChI is InChI=1S/C8H12O3/c1-7(10)4-2-3-5-8(11)6-9/h6H,2-5H2,1H3. The Bertz CT molecular complexity index is 161. The lowest BCUT2D eigenvalue weighted by molar-refractivity contribution is -0.130. The van der Waals surface area contributed by atoms with Gasteiger partial charge >= 0.3 is 0 Å². The minimum Gasteiger partial charge on any atom is -0.300 e. The van der Waals surface area contributed by atoms with Gasteiger partial charge in [0.25, 0.3) is 0 Å². The first-order chi connectivity index (χ1) is 5.16. The smallest absolute Gasteiger partial charge is 0.195 e. The number of carbonyl (C=O) groups excluding carboxylic acids is 3. The van der Waals surface area contributed by atoms with Crippen molar-refractivity contribution in [2.75, 3.05) is 0 Å². The van der Waals surface area contributed by atoms with Gasteiger partial charge in [-0.3, -0.25) is 9.59 Å². The van der Waals surface area contributed by atoms with Gasteiger partial charge in [-0.25, -0.2) is 0 Å². The fourth-order valence-electron chi connectivity index (χ4n) is 0.732. The van der Waals surface area contributed by atoms with Crippen LogP contribution in [0.2, 0.25) is 0 Å². The van der Waals surface area contributed by atoms with Gasteiger partial charge < -0.3 is 4.79 Å². The molecule has 0 aliphatic carbocycles. The van der Waals surface area contributed by atoms with E-state index < -0.39 is 0 Å². The van der Waals surface area contributed by atoms with Crippen LogP contribution in [0.3, 0.4) is 0 Å². The fourth-order valence-corrected chi connectivity index (χ4v) is 0.732. The second-order valence-electron chi connectivity index (χ2n) is 2.49. The lowest BCUT2D eigenvalue weighted by Gasteiger charge is -1.93. The fraction of sp³-hybridized carbons (Fsp3) is 0.625. The highest BCUT2D eigenvalue weighted by molar-refractivity contribution is 6.24. The van der Waals surface area contributed by atoms with Crippen LogP contribution < -0.4 is 0 Å². The summed E-state index contributed by atoms with van der Waals surface area (Å²) in [5.41, 5.74) is 0. The zero-order valence-corrected chi connectivity index (χ0v) is 6.63. The molecule has 0 unspecified atom stereocenters. The van der Waals surface area contributed by atoms with Gasteiger partial charge in [0.05, 0.1) is 0 Å². The van der Waals surface area contributed by atoms with Crippen LogP contribution in [0.1, 0.15) is 32.6 Å². The molecule has 62 valence electrons. The summed E-state index contributed by atoms with van der Waals surface area (Å²) in [4.78, 5) is 30.6. The summed E-state index contributed by atoms with van der Waals surface area (Å²) in [6.45, 7) is 1.52. The van der Waals surface area contributed by atoms with Crippen molar-refractivity contribution in [2.24, 2.45) is 0 Å². The Labute approximate surface area is 65.8 Å². The lowest BCUT2D eigenvalue weighted by atomic mass is 10.1. The maximum absolute atomic E-state index is 10.4. The largest absolute Gasteiger partial charge is 0.300 e. The van der Waals surface area contributed by atoms with Crippen molar-refractivity contribution < 1.29 is 14.4 Å². The zero-order chi connectivity index (χ0) is 8.69. The molecule has 0 aliphatic heterocycles. The van der Waals surface area contributed by atoms with Gasteiger partial charge in [0.1, 0.15) is 5.78 Å². The molecule has 11 heavy (non-hydrogen) atoms. The monoisotopic (exact) mass is 156 g/mol. The highest BCUT2D eigenvalue weighted by Crippen LogP contribution is 1.99. The molecule has 0 spiro atoms. The number of unbranched alkanes of at least 4 members (excludes halogenated alkanes) is 1. The molecule has 0 heterocycles. The molecule has 0 N–H and O–H groups in total. The number of rotatable bonds is 6. The molecule has 0 aromatic rings. The van der Waals surface area contributed by atoms with Gasteiger partial charge in [0.15, 0.2) is 12.1 Å². The number of carbonyl (C=O) groups is 3. The normalized spacial score (nSPS) is 9.18. The van der Waals surface area contributed by atoms with Gasteiger partial charge in [-0.05, 0) is 19.8 Å². The molecule has 0 rings (SSSR count). The topological polar surface area (TPSA) is 51.2 Å². The number of hydrogen-bond donors (Lipinski definition) is 0. The van der Waals surface area contributed by atoms with E-state index in [9.17, 15) is 14.4 Å².